The van der Waals surface area contributed by atoms with Crippen molar-refractivity contribution in [2.24, 2.45) is 10.9 Å². The molecule has 1 fully saturated rings. The summed E-state index contributed by atoms with van der Waals surface area (Å²) in [7, 11) is 0. The van der Waals surface area contributed by atoms with E-state index in [1.54, 1.807) is 24.3 Å². The summed E-state index contributed by atoms with van der Waals surface area (Å²) in [6.07, 6.45) is 5.98. The van der Waals surface area contributed by atoms with Crippen molar-refractivity contribution < 1.29 is 14.3 Å². The van der Waals surface area contributed by atoms with Crippen LogP contribution in [0.15, 0.2) is 70.5 Å². The second-order valence-corrected chi connectivity index (χ2v) is 9.35. The lowest BCUT2D eigenvalue weighted by Crippen LogP contribution is -2.32. The minimum atomic E-state index is -0.637. The third kappa shape index (κ3) is 6.64. The molecule has 0 spiro atoms. The van der Waals surface area contributed by atoms with Gasteiger partial charge in [0.1, 0.15) is 5.75 Å². The van der Waals surface area contributed by atoms with Crippen LogP contribution in [0.4, 0.5) is 17.5 Å². The molecule has 2 aromatic carbocycles. The number of amides is 1. The number of anilines is 3. The van der Waals surface area contributed by atoms with Crippen LogP contribution < -0.4 is 20.9 Å². The summed E-state index contributed by atoms with van der Waals surface area (Å²) in [5.74, 6) is 0.817. The molecule has 0 unspecified atom stereocenters. The van der Waals surface area contributed by atoms with Gasteiger partial charge < -0.3 is 20.1 Å². The molecule has 38 heavy (non-hydrogen) atoms. The van der Waals surface area contributed by atoms with E-state index >= 15 is 0 Å². The Balaban J connectivity index is 1.38. The zero-order valence-electron chi connectivity index (χ0n) is 20.6. The van der Waals surface area contributed by atoms with Crippen LogP contribution in [-0.2, 0) is 16.1 Å². The molecule has 0 aliphatic carbocycles. The fourth-order valence-electron chi connectivity index (χ4n) is 4.05. The van der Waals surface area contributed by atoms with E-state index in [4.69, 9.17) is 21.1 Å². The molecule has 0 bridgehead atoms. The molecule has 0 radical (unpaired) electrons. The van der Waals surface area contributed by atoms with Crippen molar-refractivity contribution in [1.29, 1.82) is 0 Å². The van der Waals surface area contributed by atoms with Crippen molar-refractivity contribution in [2.75, 3.05) is 30.4 Å². The molecule has 1 amide bonds. The Morgan fingerprint density at radius 2 is 1.87 bits per heavy atom. The highest BCUT2D eigenvalue weighted by atomic mass is 35.5. The predicted octanol–water partition coefficient (Wildman–Crippen LogP) is 4.19. The Morgan fingerprint density at radius 1 is 1.11 bits per heavy atom. The first kappa shape index (κ1) is 25.6. The average Bonchev–Trinajstić information content (AvgIpc) is 2.94. The van der Waals surface area contributed by atoms with Crippen LogP contribution in [-0.4, -0.2) is 46.3 Å². The van der Waals surface area contributed by atoms with E-state index in [9.17, 15) is 9.59 Å². The van der Waals surface area contributed by atoms with Gasteiger partial charge in [-0.25, -0.2) is 4.68 Å². The molecule has 196 valence electrons. The molecule has 3 heterocycles. The van der Waals surface area contributed by atoms with Crippen LogP contribution >= 0.6 is 11.6 Å². The molecule has 0 atom stereocenters. The standard InChI is InChI=1S/C27H27ClN6O4/c28-20-6-4-18(5-7-20)17-34-27(30-21-8-10-22(11-9-21)38-23-3-1-2-14-29-23)32-26(36)24(33-34)31-25(35)19-12-15-37-16-13-19/h1,3-11,19H,2,12-17H2,(H,30,32,36)(H,31,33,35). The molecule has 10 nitrogen and oxygen atoms in total. The fraction of sp³-hybridized carbons (Fsp3) is 0.296. The van der Waals surface area contributed by atoms with Gasteiger partial charge >= 0.3 is 5.56 Å². The van der Waals surface area contributed by atoms with E-state index in [-0.39, 0.29) is 23.6 Å². The highest BCUT2D eigenvalue weighted by Crippen LogP contribution is 2.21. The van der Waals surface area contributed by atoms with E-state index in [2.05, 4.69) is 25.7 Å². The van der Waals surface area contributed by atoms with Crippen LogP contribution in [0.3, 0.4) is 0 Å². The summed E-state index contributed by atoms with van der Waals surface area (Å²) < 4.78 is 12.7. The third-order valence-corrected chi connectivity index (χ3v) is 6.36. The van der Waals surface area contributed by atoms with Gasteiger partial charge in [0.25, 0.3) is 0 Å². The van der Waals surface area contributed by atoms with Crippen molar-refractivity contribution in [2.45, 2.75) is 25.8 Å². The van der Waals surface area contributed by atoms with Crippen LogP contribution in [0.1, 0.15) is 24.8 Å². The first-order valence-corrected chi connectivity index (χ1v) is 12.8. The molecule has 1 aromatic heterocycles. The molecule has 2 N–H and O–H groups in total. The predicted molar refractivity (Wildman–Crippen MR) is 145 cm³/mol. The molecule has 5 rings (SSSR count). The Bertz CT molecular complexity index is 1400. The topological polar surface area (TPSA) is 120 Å². The highest BCUT2D eigenvalue weighted by Gasteiger charge is 2.23. The Kier molecular flexibility index (Phi) is 8.10. The second kappa shape index (κ2) is 12.0. The summed E-state index contributed by atoms with van der Waals surface area (Å²) in [5, 5.41) is 10.9. The van der Waals surface area contributed by atoms with Crippen molar-refractivity contribution in [3.05, 3.63) is 81.6 Å². The summed E-state index contributed by atoms with van der Waals surface area (Å²) >= 11 is 6.04. The maximum absolute atomic E-state index is 12.8. The van der Waals surface area contributed by atoms with Gasteiger partial charge in [0.05, 0.1) is 6.54 Å². The van der Waals surface area contributed by atoms with E-state index < -0.39 is 5.56 Å². The quantitative estimate of drug-likeness (QED) is 0.466. The van der Waals surface area contributed by atoms with Gasteiger partial charge in [-0.1, -0.05) is 29.8 Å². The molecular formula is C27H27ClN6O4. The van der Waals surface area contributed by atoms with Gasteiger partial charge in [0.15, 0.2) is 0 Å². The summed E-state index contributed by atoms with van der Waals surface area (Å²) in [6, 6.07) is 14.5. The van der Waals surface area contributed by atoms with Crippen molar-refractivity contribution in [3.63, 3.8) is 0 Å². The molecule has 11 heteroatoms. The zero-order chi connectivity index (χ0) is 26.3. The smallest absolute Gasteiger partial charge is 0.317 e. The van der Waals surface area contributed by atoms with Gasteiger partial charge in [-0.3, -0.25) is 14.6 Å². The van der Waals surface area contributed by atoms with Crippen LogP contribution in [0.2, 0.25) is 5.02 Å². The lowest BCUT2D eigenvalue weighted by Gasteiger charge is -2.21. The monoisotopic (exact) mass is 534 g/mol. The van der Waals surface area contributed by atoms with Crippen LogP contribution in [0.5, 0.6) is 5.75 Å². The van der Waals surface area contributed by atoms with Crippen molar-refractivity contribution in [1.82, 2.24) is 14.8 Å². The maximum Gasteiger partial charge on any atom is 0.317 e. The minimum absolute atomic E-state index is 0.119. The first-order chi connectivity index (χ1) is 18.5. The van der Waals surface area contributed by atoms with Gasteiger partial charge in [-0.2, -0.15) is 4.98 Å². The minimum Gasteiger partial charge on any atom is -0.439 e. The number of carbonyl (C=O) groups excluding carboxylic acids is 1. The largest absolute Gasteiger partial charge is 0.439 e. The number of hydrogen-bond acceptors (Lipinski definition) is 8. The number of nitrogens with one attached hydrogen (secondary N) is 2. The normalized spacial score (nSPS) is 15.6. The molecule has 2 aliphatic rings. The Labute approximate surface area is 224 Å². The Hall–Kier alpha value is -4.02. The number of aromatic nitrogens is 3. The number of nitrogens with zero attached hydrogens (tertiary/aromatic N) is 4. The van der Waals surface area contributed by atoms with Crippen molar-refractivity contribution in [3.8, 4) is 5.75 Å². The number of dihydropyridines is 1. The van der Waals surface area contributed by atoms with Crippen LogP contribution in [0, 0.1) is 5.92 Å². The number of hydrogen-bond donors (Lipinski definition) is 2. The van der Waals surface area contributed by atoms with Crippen LogP contribution in [0.25, 0.3) is 0 Å². The number of ether oxygens (including phenoxy) is 2. The molecule has 2 aliphatic heterocycles. The number of benzene rings is 2. The fourth-order valence-corrected chi connectivity index (χ4v) is 4.17. The maximum atomic E-state index is 12.8. The number of carbonyl (C=O) groups is 1. The SMILES string of the molecule is O=C(Nc1nn(Cc2ccc(Cl)cc2)c(Nc2ccc(OC3=NCCC=C3)cc2)nc1=O)C1CCOCC1. The molecular weight excluding hydrogens is 508 g/mol. The second-order valence-electron chi connectivity index (χ2n) is 8.91. The van der Waals surface area contributed by atoms with Gasteiger partial charge in [0.2, 0.25) is 23.6 Å². The van der Waals surface area contributed by atoms with Gasteiger partial charge in [-0.05, 0) is 67.3 Å². The average molecular weight is 535 g/mol. The number of aliphatic imine (C=N–C) groups is 1. The highest BCUT2D eigenvalue weighted by molar-refractivity contribution is 6.30. The third-order valence-electron chi connectivity index (χ3n) is 6.11. The lowest BCUT2D eigenvalue weighted by molar-refractivity contribution is -0.122. The lowest BCUT2D eigenvalue weighted by atomic mass is 9.99. The molecule has 1 saturated heterocycles. The summed E-state index contributed by atoms with van der Waals surface area (Å²) in [4.78, 5) is 34.1. The first-order valence-electron chi connectivity index (χ1n) is 12.4. The van der Waals surface area contributed by atoms with Crippen molar-refractivity contribution >= 4 is 40.9 Å². The van der Waals surface area contributed by atoms with E-state index in [0.717, 1.165) is 12.0 Å². The van der Waals surface area contributed by atoms with E-state index in [1.165, 1.54) is 4.68 Å². The number of rotatable bonds is 7. The number of halogens is 1. The van der Waals surface area contributed by atoms with Gasteiger partial charge in [-0.15, -0.1) is 5.10 Å². The summed E-state index contributed by atoms with van der Waals surface area (Å²) in [6.45, 7) is 2.03. The van der Waals surface area contributed by atoms with E-state index in [1.807, 2.05) is 36.4 Å². The summed E-state index contributed by atoms with van der Waals surface area (Å²) in [5.41, 5.74) is 0.931. The molecule has 3 aromatic rings. The zero-order valence-corrected chi connectivity index (χ0v) is 21.4. The van der Waals surface area contributed by atoms with Gasteiger partial charge in [0, 0.05) is 36.4 Å². The molecule has 0 saturated carbocycles. The Morgan fingerprint density at radius 3 is 2.58 bits per heavy atom. The van der Waals surface area contributed by atoms with E-state index in [0.29, 0.717) is 61.5 Å².